The van der Waals surface area contributed by atoms with Crippen LogP contribution < -0.4 is 15.4 Å². The van der Waals surface area contributed by atoms with Gasteiger partial charge < -0.3 is 20.1 Å². The number of carbonyl (C=O) groups excluding carboxylic acids is 1. The van der Waals surface area contributed by atoms with Gasteiger partial charge in [-0.05, 0) is 50.6 Å². The van der Waals surface area contributed by atoms with E-state index in [0.717, 1.165) is 17.0 Å². The second-order valence-corrected chi connectivity index (χ2v) is 7.06. The van der Waals surface area contributed by atoms with E-state index in [1.54, 1.807) is 27.9 Å². The van der Waals surface area contributed by atoms with Gasteiger partial charge in [0.1, 0.15) is 23.2 Å². The summed E-state index contributed by atoms with van der Waals surface area (Å²) in [7, 11) is 1.61. The normalized spacial score (nSPS) is 11.7. The summed E-state index contributed by atoms with van der Waals surface area (Å²) in [5.41, 5.74) is 0.894. The molecule has 0 bridgehead atoms. The summed E-state index contributed by atoms with van der Waals surface area (Å²) in [5, 5.41) is 15.9. The van der Waals surface area contributed by atoms with Crippen LogP contribution in [-0.2, 0) is 16.1 Å². The Labute approximate surface area is 165 Å². The SMILES string of the molecule is COc1ccc(CNC(Nc2ccccc2)=C(C#N)C(=O)OC(C)(C)C)cc1. The summed E-state index contributed by atoms with van der Waals surface area (Å²) in [6, 6.07) is 18.8. The van der Waals surface area contributed by atoms with E-state index in [4.69, 9.17) is 9.47 Å². The topological polar surface area (TPSA) is 83.4 Å². The average molecular weight is 379 g/mol. The van der Waals surface area contributed by atoms with Crippen molar-refractivity contribution in [2.24, 2.45) is 0 Å². The van der Waals surface area contributed by atoms with Gasteiger partial charge in [0.25, 0.3) is 0 Å². The number of nitrogens with zero attached hydrogens (tertiary/aromatic N) is 1. The summed E-state index contributed by atoms with van der Waals surface area (Å²) in [6.45, 7) is 5.69. The number of anilines is 1. The number of nitrogens with one attached hydrogen (secondary N) is 2. The average Bonchev–Trinajstić information content (AvgIpc) is 2.66. The van der Waals surface area contributed by atoms with Gasteiger partial charge in [-0.15, -0.1) is 0 Å². The number of ether oxygens (including phenoxy) is 2. The number of hydrogen-bond acceptors (Lipinski definition) is 6. The lowest BCUT2D eigenvalue weighted by Crippen LogP contribution is -2.29. The van der Waals surface area contributed by atoms with Crippen molar-refractivity contribution in [1.29, 1.82) is 5.26 Å². The molecule has 0 saturated carbocycles. The van der Waals surface area contributed by atoms with Gasteiger partial charge >= 0.3 is 5.97 Å². The number of nitriles is 1. The van der Waals surface area contributed by atoms with Crippen molar-refractivity contribution < 1.29 is 14.3 Å². The van der Waals surface area contributed by atoms with Crippen LogP contribution in [0.3, 0.4) is 0 Å². The van der Waals surface area contributed by atoms with E-state index in [1.165, 1.54) is 0 Å². The minimum Gasteiger partial charge on any atom is -0.497 e. The van der Waals surface area contributed by atoms with Crippen molar-refractivity contribution in [2.45, 2.75) is 32.9 Å². The molecule has 2 N–H and O–H groups in total. The van der Waals surface area contributed by atoms with Gasteiger partial charge in [0.05, 0.1) is 7.11 Å². The van der Waals surface area contributed by atoms with E-state index in [-0.39, 0.29) is 5.57 Å². The van der Waals surface area contributed by atoms with E-state index < -0.39 is 11.6 Å². The molecule has 0 aliphatic carbocycles. The first-order valence-electron chi connectivity index (χ1n) is 8.89. The van der Waals surface area contributed by atoms with Crippen LogP contribution in [0.15, 0.2) is 66.0 Å². The minimum atomic E-state index is -0.701. The number of rotatable bonds is 7. The molecular weight excluding hydrogens is 354 g/mol. The van der Waals surface area contributed by atoms with Crippen LogP contribution in [0.2, 0.25) is 0 Å². The molecule has 6 heteroatoms. The fourth-order valence-electron chi connectivity index (χ4n) is 2.33. The lowest BCUT2D eigenvalue weighted by Gasteiger charge is -2.21. The molecular formula is C22H25N3O3. The predicted molar refractivity (Wildman–Crippen MR) is 108 cm³/mol. The largest absolute Gasteiger partial charge is 0.497 e. The molecule has 0 heterocycles. The number of esters is 1. The fraction of sp³-hybridized carbons (Fsp3) is 0.273. The van der Waals surface area contributed by atoms with Gasteiger partial charge in [-0.1, -0.05) is 30.3 Å². The zero-order chi connectivity index (χ0) is 20.6. The zero-order valence-electron chi connectivity index (χ0n) is 16.6. The first-order valence-corrected chi connectivity index (χ1v) is 8.89. The molecule has 2 aromatic rings. The van der Waals surface area contributed by atoms with Crippen molar-refractivity contribution in [3.63, 3.8) is 0 Å². The Bertz CT molecular complexity index is 861. The Hall–Kier alpha value is -3.46. The van der Waals surface area contributed by atoms with Crippen LogP contribution in [0, 0.1) is 11.3 Å². The maximum absolute atomic E-state index is 12.5. The van der Waals surface area contributed by atoms with Crippen LogP contribution in [0.1, 0.15) is 26.3 Å². The molecule has 146 valence electrons. The molecule has 2 aromatic carbocycles. The first-order chi connectivity index (χ1) is 13.3. The van der Waals surface area contributed by atoms with Crippen LogP contribution >= 0.6 is 0 Å². The zero-order valence-corrected chi connectivity index (χ0v) is 16.6. The summed E-state index contributed by atoms with van der Waals surface area (Å²) in [4.78, 5) is 12.5. The van der Waals surface area contributed by atoms with Gasteiger partial charge in [0, 0.05) is 12.2 Å². The maximum atomic E-state index is 12.5. The number of hydrogen-bond donors (Lipinski definition) is 2. The van der Waals surface area contributed by atoms with Crippen LogP contribution in [0.5, 0.6) is 5.75 Å². The van der Waals surface area contributed by atoms with Gasteiger partial charge in [0.2, 0.25) is 0 Å². The van der Waals surface area contributed by atoms with E-state index in [0.29, 0.717) is 12.4 Å². The highest BCUT2D eigenvalue weighted by Crippen LogP contribution is 2.16. The molecule has 0 amide bonds. The Morgan fingerprint density at radius 2 is 1.71 bits per heavy atom. The molecule has 0 unspecified atom stereocenters. The molecule has 2 rings (SSSR count). The second-order valence-electron chi connectivity index (χ2n) is 7.06. The molecule has 0 aliphatic rings. The Morgan fingerprint density at radius 1 is 1.07 bits per heavy atom. The van der Waals surface area contributed by atoms with Crippen LogP contribution in [0.4, 0.5) is 5.69 Å². The summed E-state index contributed by atoms with van der Waals surface area (Å²) < 4.78 is 10.5. The summed E-state index contributed by atoms with van der Waals surface area (Å²) in [6.07, 6.45) is 0. The van der Waals surface area contributed by atoms with Crippen molar-refractivity contribution in [1.82, 2.24) is 5.32 Å². The van der Waals surface area contributed by atoms with Crippen molar-refractivity contribution >= 4 is 11.7 Å². The van der Waals surface area contributed by atoms with E-state index in [1.807, 2.05) is 60.7 Å². The maximum Gasteiger partial charge on any atom is 0.353 e. The molecule has 0 fully saturated rings. The highest BCUT2D eigenvalue weighted by atomic mass is 16.6. The minimum absolute atomic E-state index is 0.118. The van der Waals surface area contributed by atoms with Crippen molar-refractivity contribution in [3.05, 3.63) is 71.6 Å². The number of benzene rings is 2. The third-order valence-corrected chi connectivity index (χ3v) is 3.64. The smallest absolute Gasteiger partial charge is 0.353 e. The predicted octanol–water partition coefficient (Wildman–Crippen LogP) is 3.97. The van der Waals surface area contributed by atoms with E-state index in [9.17, 15) is 10.1 Å². The first kappa shape index (κ1) is 20.8. The number of methoxy groups -OCH3 is 1. The quantitative estimate of drug-likeness (QED) is 0.430. The third kappa shape index (κ3) is 6.36. The number of para-hydroxylation sites is 1. The molecule has 0 atom stereocenters. The standard InChI is InChI=1S/C22H25N3O3/c1-22(2,3)28-21(26)19(14-23)20(25-17-8-6-5-7-9-17)24-15-16-10-12-18(27-4)13-11-16/h5-13,24-25H,15H2,1-4H3. The Balaban J connectivity index is 2.28. The monoisotopic (exact) mass is 379 g/mol. The van der Waals surface area contributed by atoms with E-state index >= 15 is 0 Å². The molecule has 0 aliphatic heterocycles. The molecule has 28 heavy (non-hydrogen) atoms. The van der Waals surface area contributed by atoms with Gasteiger partial charge in [-0.3, -0.25) is 0 Å². The van der Waals surface area contributed by atoms with Crippen molar-refractivity contribution in [2.75, 3.05) is 12.4 Å². The van der Waals surface area contributed by atoms with Gasteiger partial charge in [-0.2, -0.15) is 5.26 Å². The van der Waals surface area contributed by atoms with Gasteiger partial charge in [0.15, 0.2) is 5.57 Å². The highest BCUT2D eigenvalue weighted by Gasteiger charge is 2.23. The Kier molecular flexibility index (Phi) is 7.05. The molecule has 0 aromatic heterocycles. The lowest BCUT2D eigenvalue weighted by molar-refractivity contribution is -0.149. The lowest BCUT2D eigenvalue weighted by atomic mass is 10.2. The summed E-state index contributed by atoms with van der Waals surface area (Å²) in [5.74, 6) is 0.364. The van der Waals surface area contributed by atoms with Crippen LogP contribution in [0.25, 0.3) is 0 Å². The highest BCUT2D eigenvalue weighted by molar-refractivity contribution is 5.94. The molecule has 6 nitrogen and oxygen atoms in total. The summed E-state index contributed by atoms with van der Waals surface area (Å²) >= 11 is 0. The Morgan fingerprint density at radius 3 is 2.25 bits per heavy atom. The van der Waals surface area contributed by atoms with Gasteiger partial charge in [-0.25, -0.2) is 4.79 Å². The third-order valence-electron chi connectivity index (χ3n) is 3.64. The van der Waals surface area contributed by atoms with E-state index in [2.05, 4.69) is 10.6 Å². The fourth-order valence-corrected chi connectivity index (χ4v) is 2.33. The molecule has 0 spiro atoms. The molecule has 0 saturated heterocycles. The number of carbonyl (C=O) groups is 1. The van der Waals surface area contributed by atoms with Crippen molar-refractivity contribution in [3.8, 4) is 11.8 Å². The van der Waals surface area contributed by atoms with Crippen LogP contribution in [-0.4, -0.2) is 18.7 Å². The second kappa shape index (κ2) is 9.47. The molecule has 0 radical (unpaired) electrons.